The molecule has 5 nitrogen and oxygen atoms in total. The van der Waals surface area contributed by atoms with Gasteiger partial charge in [0.1, 0.15) is 5.82 Å². The molecule has 0 aliphatic heterocycles. The summed E-state index contributed by atoms with van der Waals surface area (Å²) < 4.78 is 1.88. The van der Waals surface area contributed by atoms with E-state index in [0.717, 1.165) is 22.5 Å². The molecule has 0 atom stereocenters. The number of aromatic nitrogens is 4. The van der Waals surface area contributed by atoms with Gasteiger partial charge in [0.15, 0.2) is 0 Å². The third-order valence-electron chi connectivity index (χ3n) is 2.94. The van der Waals surface area contributed by atoms with E-state index >= 15 is 0 Å². The van der Waals surface area contributed by atoms with Crippen LogP contribution < -0.4 is 5.73 Å². The highest BCUT2D eigenvalue weighted by atomic mass is 15.3. The molecule has 0 aliphatic carbocycles. The van der Waals surface area contributed by atoms with Crippen molar-refractivity contribution in [1.82, 2.24) is 20.0 Å². The Balaban J connectivity index is 2.22. The van der Waals surface area contributed by atoms with Gasteiger partial charge in [0.05, 0.1) is 16.9 Å². The number of hydrogen-bond acceptors (Lipinski definition) is 3. The van der Waals surface area contributed by atoms with Gasteiger partial charge in [-0.25, -0.2) is 0 Å². The number of nitrogens with zero attached hydrogens (tertiary/aromatic N) is 3. The van der Waals surface area contributed by atoms with Gasteiger partial charge in [0, 0.05) is 24.1 Å². The summed E-state index contributed by atoms with van der Waals surface area (Å²) in [4.78, 5) is 0. The quantitative estimate of drug-likeness (QED) is 0.666. The molecule has 0 bridgehead atoms. The number of aryl methyl sites for hydroxylation is 2. The van der Waals surface area contributed by atoms with E-state index in [0.29, 0.717) is 5.82 Å². The van der Waals surface area contributed by atoms with Crippen LogP contribution in [0.1, 0.15) is 5.69 Å². The third kappa shape index (κ3) is 1.47. The molecule has 0 amide bonds. The Morgan fingerprint density at radius 2 is 2.12 bits per heavy atom. The van der Waals surface area contributed by atoms with Crippen LogP contribution in [0.4, 0.5) is 5.82 Å². The Kier molecular flexibility index (Phi) is 1.95. The van der Waals surface area contributed by atoms with Crippen molar-refractivity contribution >= 4 is 16.7 Å². The average Bonchev–Trinajstić information content (AvgIpc) is 2.85. The van der Waals surface area contributed by atoms with Crippen LogP contribution >= 0.6 is 0 Å². The van der Waals surface area contributed by atoms with Crippen LogP contribution in [0.3, 0.4) is 0 Å². The number of H-pyrrole nitrogens is 1. The number of nitrogen functional groups attached to an aromatic ring is 1. The molecule has 2 heterocycles. The van der Waals surface area contributed by atoms with Gasteiger partial charge in [0.2, 0.25) is 0 Å². The van der Waals surface area contributed by atoms with Crippen LogP contribution in [0.5, 0.6) is 0 Å². The van der Waals surface area contributed by atoms with E-state index in [4.69, 9.17) is 5.73 Å². The molecule has 1 aromatic carbocycles. The van der Waals surface area contributed by atoms with Crippen LogP contribution in [0.25, 0.3) is 22.2 Å². The standard InChI is InChI=1S/C12H13N5/c1-7-9-4-3-8(5-11(9)17(2)16-7)10-6-12(13)15-14-10/h3-6H,1-2H3,(H3,13,14,15). The lowest BCUT2D eigenvalue weighted by atomic mass is 10.1. The Bertz CT molecular complexity index is 692. The number of nitrogens with one attached hydrogen (secondary N) is 1. The molecule has 0 radical (unpaired) electrons. The summed E-state index contributed by atoms with van der Waals surface area (Å²) in [6.45, 7) is 2.01. The molecular weight excluding hydrogens is 214 g/mol. The number of nitrogens with two attached hydrogens (primary N) is 1. The van der Waals surface area contributed by atoms with E-state index in [2.05, 4.69) is 27.4 Å². The SMILES string of the molecule is Cc1nn(C)c2cc(-c3cc(N)n[nH]3)ccc12. The number of hydrogen-bond donors (Lipinski definition) is 2. The van der Waals surface area contributed by atoms with Crippen molar-refractivity contribution in [2.75, 3.05) is 5.73 Å². The Morgan fingerprint density at radius 3 is 2.82 bits per heavy atom. The van der Waals surface area contributed by atoms with Gasteiger partial charge in [-0.05, 0) is 13.0 Å². The number of fused-ring (bicyclic) bond motifs is 1. The van der Waals surface area contributed by atoms with Gasteiger partial charge in [0.25, 0.3) is 0 Å². The maximum atomic E-state index is 5.60. The van der Waals surface area contributed by atoms with Crippen molar-refractivity contribution in [1.29, 1.82) is 0 Å². The van der Waals surface area contributed by atoms with Gasteiger partial charge in [-0.3, -0.25) is 9.78 Å². The van der Waals surface area contributed by atoms with Crippen LogP contribution in [-0.2, 0) is 7.05 Å². The summed E-state index contributed by atoms with van der Waals surface area (Å²) in [6, 6.07) is 8.03. The minimum absolute atomic E-state index is 0.501. The van der Waals surface area contributed by atoms with E-state index in [-0.39, 0.29) is 0 Å². The number of benzene rings is 1. The van der Waals surface area contributed by atoms with Crippen LogP contribution in [0.15, 0.2) is 24.3 Å². The van der Waals surface area contributed by atoms with E-state index in [1.54, 1.807) is 0 Å². The summed E-state index contributed by atoms with van der Waals surface area (Å²) in [5, 5.41) is 12.4. The Morgan fingerprint density at radius 1 is 1.29 bits per heavy atom. The molecule has 5 heteroatoms. The van der Waals surface area contributed by atoms with Gasteiger partial charge >= 0.3 is 0 Å². The Labute approximate surface area is 98.2 Å². The monoisotopic (exact) mass is 227 g/mol. The van der Waals surface area contributed by atoms with E-state index in [9.17, 15) is 0 Å². The second-order valence-electron chi connectivity index (χ2n) is 4.15. The van der Waals surface area contributed by atoms with Crippen LogP contribution in [0.2, 0.25) is 0 Å². The second-order valence-corrected chi connectivity index (χ2v) is 4.15. The number of rotatable bonds is 1. The van der Waals surface area contributed by atoms with Gasteiger partial charge in [-0.15, -0.1) is 0 Å². The summed E-state index contributed by atoms with van der Waals surface area (Å²) in [7, 11) is 1.94. The molecular formula is C12H13N5. The summed E-state index contributed by atoms with van der Waals surface area (Å²) >= 11 is 0. The maximum Gasteiger partial charge on any atom is 0.145 e. The number of aromatic amines is 1. The van der Waals surface area contributed by atoms with Gasteiger partial charge in [-0.1, -0.05) is 12.1 Å². The van der Waals surface area contributed by atoms with E-state index < -0.39 is 0 Å². The lowest BCUT2D eigenvalue weighted by Crippen LogP contribution is -1.89. The lowest BCUT2D eigenvalue weighted by molar-refractivity contribution is 0.783. The zero-order valence-electron chi connectivity index (χ0n) is 9.73. The highest BCUT2D eigenvalue weighted by Crippen LogP contribution is 2.25. The van der Waals surface area contributed by atoms with Crippen molar-refractivity contribution < 1.29 is 0 Å². The molecule has 0 spiro atoms. The molecule has 0 aliphatic rings. The minimum atomic E-state index is 0.501. The van der Waals surface area contributed by atoms with Crippen molar-refractivity contribution in [3.63, 3.8) is 0 Å². The molecule has 0 saturated carbocycles. The molecule has 2 aromatic heterocycles. The maximum absolute atomic E-state index is 5.60. The smallest absolute Gasteiger partial charge is 0.145 e. The zero-order chi connectivity index (χ0) is 12.0. The predicted molar refractivity (Wildman–Crippen MR) is 67.4 cm³/mol. The number of anilines is 1. The van der Waals surface area contributed by atoms with Crippen molar-refractivity contribution in [3.05, 3.63) is 30.0 Å². The molecule has 17 heavy (non-hydrogen) atoms. The van der Waals surface area contributed by atoms with E-state index in [1.807, 2.05) is 30.8 Å². The van der Waals surface area contributed by atoms with Crippen molar-refractivity contribution in [2.24, 2.45) is 7.05 Å². The molecule has 3 N–H and O–H groups in total. The second kappa shape index (κ2) is 3.35. The largest absolute Gasteiger partial charge is 0.382 e. The van der Waals surface area contributed by atoms with Crippen LogP contribution in [-0.4, -0.2) is 20.0 Å². The molecule has 0 saturated heterocycles. The van der Waals surface area contributed by atoms with Crippen molar-refractivity contribution in [3.8, 4) is 11.3 Å². The predicted octanol–water partition coefficient (Wildman–Crippen LogP) is 1.85. The molecule has 3 rings (SSSR count). The van der Waals surface area contributed by atoms with Gasteiger partial charge in [-0.2, -0.15) is 10.2 Å². The molecule has 3 aromatic rings. The first-order valence-corrected chi connectivity index (χ1v) is 5.40. The highest BCUT2D eigenvalue weighted by Gasteiger charge is 2.07. The molecule has 0 fully saturated rings. The first-order valence-electron chi connectivity index (χ1n) is 5.40. The van der Waals surface area contributed by atoms with Gasteiger partial charge < -0.3 is 5.73 Å². The minimum Gasteiger partial charge on any atom is -0.382 e. The lowest BCUT2D eigenvalue weighted by Gasteiger charge is -1.99. The zero-order valence-corrected chi connectivity index (χ0v) is 9.73. The normalized spacial score (nSPS) is 11.2. The van der Waals surface area contributed by atoms with Crippen LogP contribution in [0, 0.1) is 6.92 Å². The summed E-state index contributed by atoms with van der Waals surface area (Å²) in [5.41, 5.74) is 9.73. The topological polar surface area (TPSA) is 72.5 Å². The fraction of sp³-hybridized carbons (Fsp3) is 0.167. The summed E-state index contributed by atoms with van der Waals surface area (Å²) in [6.07, 6.45) is 0. The van der Waals surface area contributed by atoms with Crippen molar-refractivity contribution in [2.45, 2.75) is 6.92 Å². The molecule has 0 unspecified atom stereocenters. The summed E-state index contributed by atoms with van der Waals surface area (Å²) in [5.74, 6) is 0.501. The molecule has 86 valence electrons. The first kappa shape index (κ1) is 9.89. The fourth-order valence-corrected chi connectivity index (χ4v) is 2.09. The average molecular weight is 227 g/mol. The van der Waals surface area contributed by atoms with E-state index in [1.165, 1.54) is 5.39 Å². The first-order chi connectivity index (χ1) is 8.15. The fourth-order valence-electron chi connectivity index (χ4n) is 2.09. The Hall–Kier alpha value is -2.30. The third-order valence-corrected chi connectivity index (χ3v) is 2.94. The highest BCUT2D eigenvalue weighted by molar-refractivity contribution is 5.86.